The van der Waals surface area contributed by atoms with Gasteiger partial charge in [0.05, 0.1) is 0 Å². The Bertz CT molecular complexity index is 646. The van der Waals surface area contributed by atoms with Crippen LogP contribution in [0.1, 0.15) is 11.1 Å². The molecule has 29 heavy (non-hydrogen) atoms. The summed E-state index contributed by atoms with van der Waals surface area (Å²) in [6.07, 6.45) is -25.1. The summed E-state index contributed by atoms with van der Waals surface area (Å²) in [6.45, 7) is 0. The Morgan fingerprint density at radius 2 is 0.793 bits per heavy atom. The molecule has 0 N–H and O–H groups in total. The maximum atomic E-state index is 13.3. The topological polar surface area (TPSA) is 18.5 Å². The Balaban J connectivity index is 4.10. The number of halogens is 13. The minimum atomic E-state index is -6.28. The minimum absolute atomic E-state index is 0.0302. The van der Waals surface area contributed by atoms with Crippen molar-refractivity contribution in [2.45, 2.75) is 35.9 Å². The summed E-state index contributed by atoms with van der Waals surface area (Å²) in [5, 5.41) is 0. The zero-order valence-electron chi connectivity index (χ0n) is 14.0. The molecule has 0 aliphatic rings. The van der Waals surface area contributed by atoms with Crippen LogP contribution in [-0.4, -0.2) is 38.9 Å². The molecule has 168 valence electrons. The van der Waals surface area contributed by atoms with E-state index >= 15 is 0 Å². The van der Waals surface area contributed by atoms with E-state index in [9.17, 15) is 52.7 Å². The van der Waals surface area contributed by atoms with Crippen molar-refractivity contribution in [3.05, 3.63) is 32.9 Å². The summed E-state index contributed by atoms with van der Waals surface area (Å²) in [5.41, 5.74) is -14.4. The van der Waals surface area contributed by atoms with Crippen molar-refractivity contribution < 1.29 is 62.2 Å². The highest BCUT2D eigenvalue weighted by Crippen LogP contribution is 2.56. The molecule has 1 rings (SSSR count). The lowest BCUT2D eigenvalue weighted by molar-refractivity contribution is -0.385. The van der Waals surface area contributed by atoms with E-state index in [0.29, 0.717) is 0 Å². The van der Waals surface area contributed by atoms with Gasteiger partial charge in [0, 0.05) is 28.9 Å². The Morgan fingerprint density at radius 3 is 0.966 bits per heavy atom. The summed E-state index contributed by atoms with van der Waals surface area (Å²) in [6, 6.07) is -0.305. The van der Waals surface area contributed by atoms with Gasteiger partial charge in [-0.15, -0.1) is 0 Å². The molecular weight excluding hydrogens is 555 g/mol. The molecule has 2 nitrogen and oxygen atoms in total. The van der Waals surface area contributed by atoms with Gasteiger partial charge in [0.1, 0.15) is 0 Å². The van der Waals surface area contributed by atoms with Crippen LogP contribution in [0.25, 0.3) is 0 Å². The first-order chi connectivity index (χ1) is 12.7. The minimum Gasteiger partial charge on any atom is -0.357 e. The molecule has 0 amide bonds. The van der Waals surface area contributed by atoms with Gasteiger partial charge >= 0.3 is 24.7 Å². The van der Waals surface area contributed by atoms with Gasteiger partial charge in [-0.3, -0.25) is 0 Å². The molecule has 0 bridgehead atoms. The largest absolute Gasteiger partial charge is 0.430 e. The molecule has 0 spiro atoms. The Kier molecular flexibility index (Phi) is 6.85. The van der Waals surface area contributed by atoms with Crippen molar-refractivity contribution in [1.82, 2.24) is 0 Å². The molecule has 0 unspecified atom stereocenters. The van der Waals surface area contributed by atoms with Crippen molar-refractivity contribution in [1.29, 1.82) is 0 Å². The third-order valence-corrected chi connectivity index (χ3v) is 4.54. The molecule has 1 aromatic rings. The Morgan fingerprint density at radius 1 is 0.552 bits per heavy atom. The van der Waals surface area contributed by atoms with Crippen molar-refractivity contribution in [2.24, 2.45) is 0 Å². The zero-order chi connectivity index (χ0) is 23.3. The average Bonchev–Trinajstić information content (AvgIpc) is 2.42. The molecule has 0 saturated carbocycles. The SMILES string of the molecule is COC(c1cc(I)cc(C(OC)(C(F)(F)F)C(F)(F)F)c1)(C(F)(F)F)C(F)(F)F. The second-order valence-electron chi connectivity index (χ2n) is 5.49. The number of alkyl halides is 12. The third-order valence-electron chi connectivity index (χ3n) is 3.92. The average molecular weight is 564 g/mol. The van der Waals surface area contributed by atoms with Crippen LogP contribution in [0.2, 0.25) is 0 Å². The standard InChI is InChI=1S/C14H9F12IO2/c1-28-9(11(15,16)17,12(18,19)20)6-3-7(5-8(27)4-6)10(29-2,13(21,22)23)14(24,25)26/h3-5H,1-2H3. The smallest absolute Gasteiger partial charge is 0.357 e. The Labute approximate surface area is 168 Å². The van der Waals surface area contributed by atoms with Crippen LogP contribution >= 0.6 is 22.6 Å². The van der Waals surface area contributed by atoms with E-state index in [1.54, 1.807) is 0 Å². The van der Waals surface area contributed by atoms with Gasteiger partial charge in [-0.1, -0.05) is 0 Å². The predicted molar refractivity (Wildman–Crippen MR) is 80.8 cm³/mol. The lowest BCUT2D eigenvalue weighted by atomic mass is 9.85. The Hall–Kier alpha value is -0.970. The molecule has 15 heteroatoms. The number of ether oxygens (including phenoxy) is 2. The molecule has 0 aromatic heterocycles. The van der Waals surface area contributed by atoms with Crippen LogP contribution in [0.15, 0.2) is 18.2 Å². The fraction of sp³-hybridized carbons (Fsp3) is 0.571. The molecule has 0 aliphatic heterocycles. The summed E-state index contributed by atoms with van der Waals surface area (Å²) >= 11 is 0.976. The highest BCUT2D eigenvalue weighted by molar-refractivity contribution is 14.1. The number of methoxy groups -OCH3 is 2. The number of rotatable bonds is 4. The quantitative estimate of drug-likeness (QED) is 0.320. The van der Waals surface area contributed by atoms with Gasteiger partial charge in [0.25, 0.3) is 11.2 Å². The monoisotopic (exact) mass is 564 g/mol. The highest BCUT2D eigenvalue weighted by Gasteiger charge is 2.75. The summed E-state index contributed by atoms with van der Waals surface area (Å²) < 4.78 is 167. The van der Waals surface area contributed by atoms with E-state index < -0.39 is 56.7 Å². The van der Waals surface area contributed by atoms with Gasteiger partial charge in [0.15, 0.2) is 0 Å². The fourth-order valence-electron chi connectivity index (χ4n) is 2.67. The maximum absolute atomic E-state index is 13.3. The van der Waals surface area contributed by atoms with Crippen molar-refractivity contribution in [3.8, 4) is 0 Å². The molecule has 0 heterocycles. The fourth-order valence-corrected chi connectivity index (χ4v) is 3.34. The van der Waals surface area contributed by atoms with Gasteiger partial charge in [-0.2, -0.15) is 52.7 Å². The van der Waals surface area contributed by atoms with Crippen LogP contribution in [0.5, 0.6) is 0 Å². The first-order valence-electron chi connectivity index (χ1n) is 6.91. The molecule has 0 saturated heterocycles. The van der Waals surface area contributed by atoms with Gasteiger partial charge in [-0.05, 0) is 40.8 Å². The van der Waals surface area contributed by atoms with Gasteiger partial charge in [0.2, 0.25) is 0 Å². The van der Waals surface area contributed by atoms with Crippen molar-refractivity contribution >= 4 is 22.6 Å². The normalized spacial score (nSPS) is 15.0. The first kappa shape index (κ1) is 26.1. The third kappa shape index (κ3) is 4.00. The second-order valence-corrected chi connectivity index (χ2v) is 6.74. The number of benzene rings is 1. The van der Waals surface area contributed by atoms with Gasteiger partial charge in [-0.25, -0.2) is 0 Å². The molecule has 0 fully saturated rings. The van der Waals surface area contributed by atoms with Crippen molar-refractivity contribution in [3.63, 3.8) is 0 Å². The lowest BCUT2D eigenvalue weighted by Crippen LogP contribution is -2.57. The van der Waals surface area contributed by atoms with E-state index in [1.165, 1.54) is 0 Å². The van der Waals surface area contributed by atoms with Crippen LogP contribution in [0.4, 0.5) is 52.7 Å². The van der Waals surface area contributed by atoms with Crippen LogP contribution in [-0.2, 0) is 20.7 Å². The molecular formula is C14H9F12IO2. The predicted octanol–water partition coefficient (Wildman–Crippen LogP) is 6.22. The van der Waals surface area contributed by atoms with Crippen LogP contribution in [0, 0.1) is 3.57 Å². The number of hydrogen-bond donors (Lipinski definition) is 0. The lowest BCUT2D eigenvalue weighted by Gasteiger charge is -2.39. The van der Waals surface area contributed by atoms with Crippen LogP contribution < -0.4 is 0 Å². The van der Waals surface area contributed by atoms with Gasteiger partial charge < -0.3 is 9.47 Å². The van der Waals surface area contributed by atoms with E-state index in [0.717, 1.165) is 22.6 Å². The van der Waals surface area contributed by atoms with E-state index in [1.807, 2.05) is 0 Å². The maximum Gasteiger partial charge on any atom is 0.430 e. The molecule has 0 radical (unpaired) electrons. The molecule has 0 atom stereocenters. The summed E-state index contributed by atoms with van der Waals surface area (Å²) in [7, 11) is -0.0603. The summed E-state index contributed by atoms with van der Waals surface area (Å²) in [5.74, 6) is 0. The van der Waals surface area contributed by atoms with E-state index in [2.05, 4.69) is 9.47 Å². The van der Waals surface area contributed by atoms with E-state index in [4.69, 9.17) is 0 Å². The van der Waals surface area contributed by atoms with Crippen molar-refractivity contribution in [2.75, 3.05) is 14.2 Å². The number of hydrogen-bond acceptors (Lipinski definition) is 2. The second kappa shape index (κ2) is 7.62. The zero-order valence-corrected chi connectivity index (χ0v) is 16.1. The summed E-state index contributed by atoms with van der Waals surface area (Å²) in [4.78, 5) is 0. The molecule has 0 aliphatic carbocycles. The first-order valence-corrected chi connectivity index (χ1v) is 7.99. The highest BCUT2D eigenvalue weighted by atomic mass is 127. The van der Waals surface area contributed by atoms with Crippen LogP contribution in [0.3, 0.4) is 0 Å². The molecule has 1 aromatic carbocycles. The van der Waals surface area contributed by atoms with E-state index in [-0.39, 0.29) is 26.4 Å².